The van der Waals surface area contributed by atoms with Gasteiger partial charge in [-0.05, 0) is 11.6 Å². The minimum atomic E-state index is -4.43. The van der Waals surface area contributed by atoms with Gasteiger partial charge in [0.25, 0.3) is 0 Å². The van der Waals surface area contributed by atoms with Gasteiger partial charge in [-0.25, -0.2) is 0 Å². The Balaban J connectivity index is 2.65. The van der Waals surface area contributed by atoms with Gasteiger partial charge in [-0.3, -0.25) is 0 Å². The van der Waals surface area contributed by atoms with Gasteiger partial charge in [0.05, 0.1) is 11.1 Å². The first-order valence-electron chi connectivity index (χ1n) is 4.77. The SMILES string of the molecule is N#Cc1c[nH]cc1-c1ccccc1C(F)(F)F. The van der Waals surface area contributed by atoms with Crippen molar-refractivity contribution in [1.82, 2.24) is 4.98 Å². The van der Waals surface area contributed by atoms with Crippen LogP contribution in [0.1, 0.15) is 11.1 Å². The average molecular weight is 236 g/mol. The lowest BCUT2D eigenvalue weighted by molar-refractivity contribution is -0.137. The monoisotopic (exact) mass is 236 g/mol. The summed E-state index contributed by atoms with van der Waals surface area (Å²) in [5.74, 6) is 0. The van der Waals surface area contributed by atoms with Crippen LogP contribution in [-0.4, -0.2) is 4.98 Å². The van der Waals surface area contributed by atoms with E-state index >= 15 is 0 Å². The Morgan fingerprint density at radius 1 is 1.06 bits per heavy atom. The first-order chi connectivity index (χ1) is 8.04. The second-order valence-corrected chi connectivity index (χ2v) is 3.44. The Bertz CT molecular complexity index is 576. The molecule has 2 rings (SSSR count). The summed E-state index contributed by atoms with van der Waals surface area (Å²) in [5, 5.41) is 8.81. The van der Waals surface area contributed by atoms with E-state index in [0.29, 0.717) is 0 Å². The van der Waals surface area contributed by atoms with Crippen molar-refractivity contribution in [2.45, 2.75) is 6.18 Å². The molecule has 0 saturated heterocycles. The number of nitrogens with zero attached hydrogens (tertiary/aromatic N) is 1. The number of nitriles is 1. The van der Waals surface area contributed by atoms with Gasteiger partial charge in [0, 0.05) is 18.0 Å². The number of nitrogens with one attached hydrogen (secondary N) is 1. The number of halogens is 3. The first-order valence-corrected chi connectivity index (χ1v) is 4.77. The molecule has 0 aliphatic rings. The van der Waals surface area contributed by atoms with Crippen LogP contribution in [-0.2, 0) is 6.18 Å². The molecule has 0 amide bonds. The van der Waals surface area contributed by atoms with Gasteiger partial charge in [0.15, 0.2) is 0 Å². The zero-order valence-corrected chi connectivity index (χ0v) is 8.55. The van der Waals surface area contributed by atoms with Crippen molar-refractivity contribution >= 4 is 0 Å². The van der Waals surface area contributed by atoms with Crippen LogP contribution < -0.4 is 0 Å². The predicted molar refractivity (Wildman–Crippen MR) is 55.9 cm³/mol. The molecule has 0 aliphatic heterocycles. The summed E-state index contributed by atoms with van der Waals surface area (Å²) in [6.45, 7) is 0. The number of aromatic amines is 1. The van der Waals surface area contributed by atoms with E-state index in [2.05, 4.69) is 4.98 Å². The number of aromatic nitrogens is 1. The number of rotatable bonds is 1. The second-order valence-electron chi connectivity index (χ2n) is 3.44. The Kier molecular flexibility index (Phi) is 2.64. The molecule has 1 aromatic carbocycles. The quantitative estimate of drug-likeness (QED) is 0.807. The molecule has 2 nitrogen and oxygen atoms in total. The van der Waals surface area contributed by atoms with Gasteiger partial charge in [-0.2, -0.15) is 18.4 Å². The molecule has 2 aromatic rings. The van der Waals surface area contributed by atoms with E-state index in [1.807, 2.05) is 6.07 Å². The fraction of sp³-hybridized carbons (Fsp3) is 0.0833. The maximum Gasteiger partial charge on any atom is 0.417 e. The highest BCUT2D eigenvalue weighted by Gasteiger charge is 2.33. The highest BCUT2D eigenvalue weighted by Crippen LogP contribution is 2.37. The van der Waals surface area contributed by atoms with Crippen molar-refractivity contribution < 1.29 is 13.2 Å². The van der Waals surface area contributed by atoms with Crippen LogP contribution >= 0.6 is 0 Å². The van der Waals surface area contributed by atoms with Crippen molar-refractivity contribution in [3.05, 3.63) is 47.8 Å². The highest BCUT2D eigenvalue weighted by molar-refractivity contribution is 5.73. The van der Waals surface area contributed by atoms with Gasteiger partial charge in [0.1, 0.15) is 6.07 Å². The summed E-state index contributed by atoms with van der Waals surface area (Å²) in [4.78, 5) is 2.64. The van der Waals surface area contributed by atoms with Crippen LogP contribution in [0, 0.1) is 11.3 Å². The molecule has 5 heteroatoms. The summed E-state index contributed by atoms with van der Waals surface area (Å²) in [6.07, 6.45) is -1.66. The van der Waals surface area contributed by atoms with E-state index in [4.69, 9.17) is 5.26 Å². The van der Waals surface area contributed by atoms with Crippen molar-refractivity contribution in [1.29, 1.82) is 5.26 Å². The van der Waals surface area contributed by atoms with Crippen molar-refractivity contribution in [3.8, 4) is 17.2 Å². The highest BCUT2D eigenvalue weighted by atomic mass is 19.4. The lowest BCUT2D eigenvalue weighted by Gasteiger charge is -2.11. The fourth-order valence-electron chi connectivity index (χ4n) is 1.64. The van der Waals surface area contributed by atoms with Gasteiger partial charge in [-0.1, -0.05) is 18.2 Å². The zero-order valence-electron chi connectivity index (χ0n) is 8.55. The standard InChI is InChI=1S/C12H7F3N2/c13-12(14,15)11-4-2-1-3-9(11)10-7-17-6-8(10)5-16/h1-4,6-7,17H. The minimum Gasteiger partial charge on any atom is -0.366 e. The minimum absolute atomic E-state index is 0.0119. The summed E-state index contributed by atoms with van der Waals surface area (Å²) >= 11 is 0. The normalized spacial score (nSPS) is 11.2. The summed E-state index contributed by atoms with van der Waals surface area (Å²) in [6, 6.07) is 7.05. The molecular weight excluding hydrogens is 229 g/mol. The van der Waals surface area contributed by atoms with E-state index in [1.165, 1.54) is 30.6 Å². The molecule has 1 N–H and O–H groups in total. The van der Waals surface area contributed by atoms with Crippen molar-refractivity contribution in [2.75, 3.05) is 0 Å². The molecule has 0 saturated carbocycles. The molecule has 0 bridgehead atoms. The topological polar surface area (TPSA) is 39.6 Å². The Morgan fingerprint density at radius 2 is 1.76 bits per heavy atom. The third-order valence-corrected chi connectivity index (χ3v) is 2.39. The van der Waals surface area contributed by atoms with Gasteiger partial charge < -0.3 is 4.98 Å². The number of hydrogen-bond donors (Lipinski definition) is 1. The summed E-state index contributed by atoms with van der Waals surface area (Å²) < 4.78 is 38.3. The van der Waals surface area contributed by atoms with E-state index < -0.39 is 11.7 Å². The van der Waals surface area contributed by atoms with Crippen molar-refractivity contribution in [2.24, 2.45) is 0 Å². The lowest BCUT2D eigenvalue weighted by atomic mass is 9.99. The Hall–Kier alpha value is -2.22. The average Bonchev–Trinajstić information content (AvgIpc) is 2.75. The second kappa shape index (κ2) is 3.98. The molecule has 1 aromatic heterocycles. The number of alkyl halides is 3. The first kappa shape index (κ1) is 11.3. The van der Waals surface area contributed by atoms with Gasteiger partial charge >= 0.3 is 6.18 Å². The van der Waals surface area contributed by atoms with Crippen molar-refractivity contribution in [3.63, 3.8) is 0 Å². The van der Waals surface area contributed by atoms with Crippen LogP contribution in [0.2, 0.25) is 0 Å². The zero-order chi connectivity index (χ0) is 12.5. The van der Waals surface area contributed by atoms with E-state index in [1.54, 1.807) is 0 Å². The molecule has 17 heavy (non-hydrogen) atoms. The third kappa shape index (κ3) is 2.02. The fourth-order valence-corrected chi connectivity index (χ4v) is 1.64. The van der Waals surface area contributed by atoms with E-state index in [9.17, 15) is 13.2 Å². The van der Waals surface area contributed by atoms with Gasteiger partial charge in [0.2, 0.25) is 0 Å². The van der Waals surface area contributed by atoms with Crippen LogP contribution in [0.15, 0.2) is 36.7 Å². The number of benzene rings is 1. The Labute approximate surface area is 95.3 Å². The molecule has 0 unspecified atom stereocenters. The lowest BCUT2D eigenvalue weighted by Crippen LogP contribution is -2.06. The third-order valence-electron chi connectivity index (χ3n) is 2.39. The molecule has 0 aliphatic carbocycles. The van der Waals surface area contributed by atoms with E-state index in [0.717, 1.165) is 6.07 Å². The molecule has 0 fully saturated rings. The van der Waals surface area contributed by atoms with Gasteiger partial charge in [-0.15, -0.1) is 0 Å². The molecule has 0 spiro atoms. The maximum atomic E-state index is 12.8. The van der Waals surface area contributed by atoms with Crippen LogP contribution in [0.5, 0.6) is 0 Å². The number of hydrogen-bond acceptors (Lipinski definition) is 1. The Morgan fingerprint density at radius 3 is 2.41 bits per heavy atom. The molecular formula is C12H7F3N2. The van der Waals surface area contributed by atoms with E-state index in [-0.39, 0.29) is 16.7 Å². The van der Waals surface area contributed by atoms with Crippen LogP contribution in [0.4, 0.5) is 13.2 Å². The van der Waals surface area contributed by atoms with Crippen LogP contribution in [0.3, 0.4) is 0 Å². The maximum absolute atomic E-state index is 12.8. The summed E-state index contributed by atoms with van der Waals surface area (Å²) in [5.41, 5.74) is -0.268. The molecule has 0 radical (unpaired) electrons. The number of H-pyrrole nitrogens is 1. The largest absolute Gasteiger partial charge is 0.417 e. The van der Waals surface area contributed by atoms with Crippen LogP contribution in [0.25, 0.3) is 11.1 Å². The molecule has 86 valence electrons. The molecule has 0 atom stereocenters. The summed E-state index contributed by atoms with van der Waals surface area (Å²) in [7, 11) is 0. The molecule has 1 heterocycles. The smallest absolute Gasteiger partial charge is 0.366 e. The predicted octanol–water partition coefficient (Wildman–Crippen LogP) is 3.57.